The van der Waals surface area contributed by atoms with Crippen LogP contribution in [0.15, 0.2) is 16.9 Å². The van der Waals surface area contributed by atoms with Crippen molar-refractivity contribution < 1.29 is 29.0 Å². The van der Waals surface area contributed by atoms with Gasteiger partial charge in [0.25, 0.3) is 0 Å². The molecule has 0 aliphatic carbocycles. The van der Waals surface area contributed by atoms with Crippen LogP contribution in [0.3, 0.4) is 0 Å². The van der Waals surface area contributed by atoms with Gasteiger partial charge in [-0.15, -0.1) is 0 Å². The van der Waals surface area contributed by atoms with Gasteiger partial charge < -0.3 is 19.9 Å². The summed E-state index contributed by atoms with van der Waals surface area (Å²) in [5.41, 5.74) is 8.49. The number of aliphatic carboxylic acids is 1. The van der Waals surface area contributed by atoms with E-state index in [0.29, 0.717) is 0 Å². The molecule has 0 spiro atoms. The van der Waals surface area contributed by atoms with Crippen LogP contribution in [-0.2, 0) is 23.9 Å². The number of amides is 1. The maximum Gasteiger partial charge on any atom is 0.373 e. The highest BCUT2D eigenvalue weighted by atomic mass is 16.6. The minimum absolute atomic E-state index is 0.390. The number of methoxy groups -OCH3 is 1. The Hall–Kier alpha value is -2.74. The summed E-state index contributed by atoms with van der Waals surface area (Å²) in [7, 11) is 1.09. The second-order valence-electron chi connectivity index (χ2n) is 3.82. The molecule has 2 N–H and O–H groups in total. The molecule has 0 aromatic carbocycles. The molecule has 0 aromatic rings. The van der Waals surface area contributed by atoms with Gasteiger partial charge in [-0.05, 0) is 11.6 Å². The maximum absolute atomic E-state index is 11.4. The van der Waals surface area contributed by atoms with E-state index in [0.717, 1.165) is 13.2 Å². The third-order valence-electron chi connectivity index (χ3n) is 2.46. The van der Waals surface area contributed by atoms with Crippen LogP contribution in [0.5, 0.6) is 0 Å². The van der Waals surface area contributed by atoms with Crippen LogP contribution in [0, 0.1) is 0 Å². The lowest BCUT2D eigenvalue weighted by atomic mass is 9.99. The molecular weight excluding hydrogens is 272 g/mol. The first-order chi connectivity index (χ1) is 9.40. The first-order valence-electron chi connectivity index (χ1n) is 5.41. The monoisotopic (exact) mass is 284 g/mol. The van der Waals surface area contributed by atoms with Crippen molar-refractivity contribution in [2.45, 2.75) is 25.1 Å². The maximum atomic E-state index is 11.4. The summed E-state index contributed by atoms with van der Waals surface area (Å²) in [5.74, 6) is -3.25. The molecule has 0 unspecified atom stereocenters. The Morgan fingerprint density at radius 3 is 2.65 bits per heavy atom. The van der Waals surface area contributed by atoms with Gasteiger partial charge in [-0.25, -0.2) is 9.59 Å². The van der Waals surface area contributed by atoms with Crippen molar-refractivity contribution in [3.05, 3.63) is 22.3 Å². The van der Waals surface area contributed by atoms with Crippen LogP contribution in [-0.4, -0.2) is 48.2 Å². The summed E-state index contributed by atoms with van der Waals surface area (Å²) in [6.45, 7) is 1.17. The fraction of sp³-hybridized carbons (Fsp3) is 0.500. The van der Waals surface area contributed by atoms with Crippen molar-refractivity contribution in [3.8, 4) is 0 Å². The number of nitrogens with zero attached hydrogens (tertiary/aromatic N) is 3. The van der Waals surface area contributed by atoms with Gasteiger partial charge in [-0.1, -0.05) is 5.11 Å². The Morgan fingerprint density at radius 1 is 1.55 bits per heavy atom. The standard InChI is InChI=1S/C10H12N4O6/c1-4(15)12-7-5(13-14-11)3-6(10(18)19-2)20-8(7)9(16)17/h3,5,7-8H,1-2H3,(H,12,15)(H,16,17)/t5-,7-,8-/m1/s1. The lowest BCUT2D eigenvalue weighted by molar-refractivity contribution is -0.155. The number of hydrogen-bond donors (Lipinski definition) is 2. The van der Waals surface area contributed by atoms with Crippen molar-refractivity contribution in [1.82, 2.24) is 5.32 Å². The van der Waals surface area contributed by atoms with Crippen molar-refractivity contribution in [3.63, 3.8) is 0 Å². The molecule has 0 aromatic heterocycles. The lowest BCUT2D eigenvalue weighted by Gasteiger charge is -2.32. The Kier molecular flexibility index (Phi) is 4.93. The second kappa shape index (κ2) is 6.43. The molecule has 108 valence electrons. The van der Waals surface area contributed by atoms with Gasteiger partial charge in [0.05, 0.1) is 19.2 Å². The molecule has 0 radical (unpaired) electrons. The van der Waals surface area contributed by atoms with E-state index < -0.39 is 36.0 Å². The van der Waals surface area contributed by atoms with Gasteiger partial charge >= 0.3 is 11.9 Å². The van der Waals surface area contributed by atoms with Crippen LogP contribution < -0.4 is 5.32 Å². The first-order valence-corrected chi connectivity index (χ1v) is 5.41. The Balaban J connectivity index is 3.21. The van der Waals surface area contributed by atoms with E-state index in [-0.39, 0.29) is 5.76 Å². The Labute approximate surface area is 113 Å². The molecule has 0 bridgehead atoms. The van der Waals surface area contributed by atoms with Crippen LogP contribution in [0.1, 0.15) is 6.92 Å². The molecule has 1 aliphatic rings. The number of carboxylic acids is 1. The lowest BCUT2D eigenvalue weighted by Crippen LogP contribution is -2.55. The summed E-state index contributed by atoms with van der Waals surface area (Å²) < 4.78 is 9.39. The van der Waals surface area contributed by atoms with Crippen molar-refractivity contribution in [2.24, 2.45) is 5.11 Å². The molecule has 20 heavy (non-hydrogen) atoms. The summed E-state index contributed by atoms with van der Waals surface area (Å²) in [6, 6.07) is -2.22. The molecule has 0 saturated heterocycles. The van der Waals surface area contributed by atoms with Crippen LogP contribution >= 0.6 is 0 Å². The van der Waals surface area contributed by atoms with E-state index >= 15 is 0 Å². The van der Waals surface area contributed by atoms with Crippen molar-refractivity contribution in [1.29, 1.82) is 0 Å². The van der Waals surface area contributed by atoms with Crippen LogP contribution in [0.2, 0.25) is 0 Å². The summed E-state index contributed by atoms with van der Waals surface area (Å²) >= 11 is 0. The fourth-order valence-electron chi connectivity index (χ4n) is 1.67. The largest absolute Gasteiger partial charge is 0.478 e. The molecule has 0 fully saturated rings. The van der Waals surface area contributed by atoms with Crippen molar-refractivity contribution in [2.75, 3.05) is 7.11 Å². The number of carbonyl (C=O) groups is 3. The van der Waals surface area contributed by atoms with Crippen LogP contribution in [0.25, 0.3) is 10.4 Å². The number of hydrogen-bond acceptors (Lipinski definition) is 6. The van der Waals surface area contributed by atoms with E-state index in [1.165, 1.54) is 6.92 Å². The van der Waals surface area contributed by atoms with Gasteiger partial charge in [0.2, 0.25) is 17.8 Å². The first kappa shape index (κ1) is 15.3. The van der Waals surface area contributed by atoms with Gasteiger partial charge in [0.15, 0.2) is 0 Å². The number of ether oxygens (including phenoxy) is 2. The number of rotatable bonds is 4. The van der Waals surface area contributed by atoms with Gasteiger partial charge in [-0.3, -0.25) is 4.79 Å². The van der Waals surface area contributed by atoms with Gasteiger partial charge in [0.1, 0.15) is 0 Å². The second-order valence-corrected chi connectivity index (χ2v) is 3.82. The minimum atomic E-state index is -1.58. The number of esters is 1. The number of carboxylic acid groups (broad SMARTS) is 1. The summed E-state index contributed by atoms with van der Waals surface area (Å²) in [4.78, 5) is 36.2. The molecule has 3 atom stereocenters. The highest BCUT2D eigenvalue weighted by Crippen LogP contribution is 2.22. The molecule has 0 saturated carbocycles. The molecule has 1 heterocycles. The van der Waals surface area contributed by atoms with E-state index in [4.69, 9.17) is 15.4 Å². The number of azide groups is 1. The molecule has 10 nitrogen and oxygen atoms in total. The smallest absolute Gasteiger partial charge is 0.373 e. The van der Waals surface area contributed by atoms with E-state index in [2.05, 4.69) is 20.1 Å². The predicted octanol–water partition coefficient (Wildman–Crippen LogP) is -0.290. The zero-order chi connectivity index (χ0) is 15.3. The summed E-state index contributed by atoms with van der Waals surface area (Å²) in [5, 5.41) is 14.8. The topological polar surface area (TPSA) is 151 Å². The normalized spacial score (nSPS) is 24.5. The predicted molar refractivity (Wildman–Crippen MR) is 63.1 cm³/mol. The van der Waals surface area contributed by atoms with E-state index in [9.17, 15) is 14.4 Å². The zero-order valence-electron chi connectivity index (χ0n) is 10.6. The van der Waals surface area contributed by atoms with Gasteiger partial charge in [-0.2, -0.15) is 0 Å². The van der Waals surface area contributed by atoms with Crippen molar-refractivity contribution >= 4 is 17.8 Å². The van der Waals surface area contributed by atoms with Crippen LogP contribution in [0.4, 0.5) is 0 Å². The van der Waals surface area contributed by atoms with E-state index in [1.807, 2.05) is 0 Å². The molecule has 1 aliphatic heterocycles. The molecular formula is C10H12N4O6. The minimum Gasteiger partial charge on any atom is -0.478 e. The number of carbonyl (C=O) groups excluding carboxylic acids is 2. The Morgan fingerprint density at radius 2 is 2.20 bits per heavy atom. The SMILES string of the molecule is COC(=O)C1=C[C@@H](N=[N+]=[N-])[C@@H](NC(C)=O)[C@H](C(=O)O)O1. The highest BCUT2D eigenvalue weighted by Gasteiger charge is 2.41. The third-order valence-corrected chi connectivity index (χ3v) is 2.46. The number of nitrogens with one attached hydrogen (secondary N) is 1. The summed E-state index contributed by atoms with van der Waals surface area (Å²) in [6.07, 6.45) is -0.473. The highest BCUT2D eigenvalue weighted by molar-refractivity contribution is 5.88. The third kappa shape index (κ3) is 3.39. The van der Waals surface area contributed by atoms with Gasteiger partial charge in [0, 0.05) is 11.8 Å². The molecule has 1 amide bonds. The zero-order valence-corrected chi connectivity index (χ0v) is 10.6. The average molecular weight is 284 g/mol. The van der Waals surface area contributed by atoms with E-state index in [1.54, 1.807) is 0 Å². The molecule has 1 rings (SSSR count). The molecule has 10 heteroatoms. The fourth-order valence-corrected chi connectivity index (χ4v) is 1.67. The Bertz CT molecular complexity index is 510. The average Bonchev–Trinajstić information content (AvgIpc) is 2.38. The quantitative estimate of drug-likeness (QED) is 0.313.